The van der Waals surface area contributed by atoms with Crippen molar-refractivity contribution in [1.82, 2.24) is 5.48 Å². The van der Waals surface area contributed by atoms with E-state index in [2.05, 4.69) is 17.7 Å². The Kier molecular flexibility index (Phi) is 19.5. The number of carbonyl (C=O) groups excluding carboxylic acids is 3. The molecular formula is C35H52N2O5. The number of hydroxylamine groups is 1. The van der Waals surface area contributed by atoms with E-state index in [0.29, 0.717) is 26.1 Å². The first-order chi connectivity index (χ1) is 20.6. The maximum atomic E-state index is 12.3. The SMILES string of the molecule is CCCCCCCCCCCCOC(=O)Cc1ccc(NC(=O)CCCCCCC(=O)NOCc2ccccc2)cc1. The highest BCUT2D eigenvalue weighted by atomic mass is 16.6. The summed E-state index contributed by atoms with van der Waals surface area (Å²) in [7, 11) is 0. The van der Waals surface area contributed by atoms with Crippen molar-refractivity contribution in [2.75, 3.05) is 11.9 Å². The summed E-state index contributed by atoms with van der Waals surface area (Å²) in [5.74, 6) is -0.375. The zero-order chi connectivity index (χ0) is 30.1. The van der Waals surface area contributed by atoms with E-state index >= 15 is 0 Å². The van der Waals surface area contributed by atoms with Gasteiger partial charge in [0.05, 0.1) is 19.6 Å². The molecule has 0 aromatic heterocycles. The number of hydrogen-bond acceptors (Lipinski definition) is 5. The molecule has 42 heavy (non-hydrogen) atoms. The highest BCUT2D eigenvalue weighted by Crippen LogP contribution is 2.14. The largest absolute Gasteiger partial charge is 0.465 e. The summed E-state index contributed by atoms with van der Waals surface area (Å²) in [6, 6.07) is 17.0. The minimum atomic E-state index is -0.208. The summed E-state index contributed by atoms with van der Waals surface area (Å²) in [4.78, 5) is 41.5. The molecule has 2 rings (SSSR count). The van der Waals surface area contributed by atoms with Crippen LogP contribution in [0.15, 0.2) is 54.6 Å². The van der Waals surface area contributed by atoms with Crippen molar-refractivity contribution in [3.63, 3.8) is 0 Å². The van der Waals surface area contributed by atoms with Gasteiger partial charge in [-0.2, -0.15) is 0 Å². The van der Waals surface area contributed by atoms with Crippen LogP contribution in [0.2, 0.25) is 0 Å². The summed E-state index contributed by atoms with van der Waals surface area (Å²) in [5.41, 5.74) is 5.07. The van der Waals surface area contributed by atoms with E-state index in [1.165, 1.54) is 51.4 Å². The third-order valence-corrected chi connectivity index (χ3v) is 7.17. The quantitative estimate of drug-likeness (QED) is 0.0741. The molecule has 2 N–H and O–H groups in total. The fourth-order valence-corrected chi connectivity index (χ4v) is 4.67. The molecule has 0 aliphatic carbocycles. The number of amides is 2. The maximum absolute atomic E-state index is 12.3. The van der Waals surface area contributed by atoms with Crippen molar-refractivity contribution < 1.29 is 24.0 Å². The number of ether oxygens (including phenoxy) is 1. The van der Waals surface area contributed by atoms with Crippen LogP contribution in [0.1, 0.15) is 121 Å². The number of carbonyl (C=O) groups is 3. The molecular weight excluding hydrogens is 528 g/mol. The standard InChI is InChI=1S/C35H52N2O5/c1-2-3-4-5-6-7-8-9-12-18-27-41-35(40)28-30-23-25-32(26-24-30)36-33(38)21-16-10-11-17-22-34(39)37-42-29-31-19-14-13-15-20-31/h13-15,19-20,23-26H,2-12,16-18,21-22,27-29H2,1H3,(H,36,38)(H,37,39). The third kappa shape index (κ3) is 18.3. The van der Waals surface area contributed by atoms with Gasteiger partial charge in [0.1, 0.15) is 0 Å². The molecule has 2 amide bonds. The van der Waals surface area contributed by atoms with E-state index in [1.807, 2.05) is 54.6 Å². The van der Waals surface area contributed by atoms with Crippen molar-refractivity contribution in [3.05, 3.63) is 65.7 Å². The van der Waals surface area contributed by atoms with Gasteiger partial charge in [0.2, 0.25) is 11.8 Å². The van der Waals surface area contributed by atoms with E-state index in [1.54, 1.807) is 0 Å². The molecule has 0 atom stereocenters. The van der Waals surface area contributed by atoms with Crippen LogP contribution in [-0.2, 0) is 37.0 Å². The number of hydrogen-bond donors (Lipinski definition) is 2. The van der Waals surface area contributed by atoms with Crippen LogP contribution in [0, 0.1) is 0 Å². The zero-order valence-corrected chi connectivity index (χ0v) is 25.7. The predicted molar refractivity (Wildman–Crippen MR) is 169 cm³/mol. The summed E-state index contributed by atoms with van der Waals surface area (Å²) in [5, 5.41) is 2.91. The van der Waals surface area contributed by atoms with Gasteiger partial charge in [0.15, 0.2) is 0 Å². The molecule has 2 aromatic rings. The third-order valence-electron chi connectivity index (χ3n) is 7.17. The van der Waals surface area contributed by atoms with Crippen molar-refractivity contribution in [2.45, 2.75) is 123 Å². The van der Waals surface area contributed by atoms with Gasteiger partial charge in [-0.25, -0.2) is 5.48 Å². The molecule has 0 saturated heterocycles. The fourth-order valence-electron chi connectivity index (χ4n) is 4.67. The molecule has 0 unspecified atom stereocenters. The van der Waals surface area contributed by atoms with Crippen LogP contribution >= 0.6 is 0 Å². The molecule has 0 heterocycles. The van der Waals surface area contributed by atoms with Gasteiger partial charge in [0.25, 0.3) is 0 Å². The van der Waals surface area contributed by atoms with Crippen molar-refractivity contribution in [3.8, 4) is 0 Å². The Morgan fingerprint density at radius 3 is 1.83 bits per heavy atom. The molecule has 0 radical (unpaired) electrons. The Labute approximate surface area is 253 Å². The van der Waals surface area contributed by atoms with Crippen LogP contribution in [0.3, 0.4) is 0 Å². The van der Waals surface area contributed by atoms with Gasteiger partial charge in [-0.1, -0.05) is 120 Å². The van der Waals surface area contributed by atoms with E-state index in [9.17, 15) is 14.4 Å². The average Bonchev–Trinajstić information content (AvgIpc) is 2.99. The summed E-state index contributed by atoms with van der Waals surface area (Å²) in [6.07, 6.45) is 16.9. The second kappa shape index (κ2) is 23.4. The monoisotopic (exact) mass is 580 g/mol. The molecule has 0 bridgehead atoms. The minimum Gasteiger partial charge on any atom is -0.465 e. The van der Waals surface area contributed by atoms with Gasteiger partial charge in [-0.15, -0.1) is 0 Å². The normalized spacial score (nSPS) is 10.8. The summed E-state index contributed by atoms with van der Waals surface area (Å²) < 4.78 is 5.39. The van der Waals surface area contributed by atoms with Crippen LogP contribution < -0.4 is 10.8 Å². The van der Waals surface area contributed by atoms with Gasteiger partial charge >= 0.3 is 5.97 Å². The average molecular weight is 581 g/mol. The van der Waals surface area contributed by atoms with Gasteiger partial charge in [-0.3, -0.25) is 19.2 Å². The number of unbranched alkanes of at least 4 members (excludes halogenated alkanes) is 12. The lowest BCUT2D eigenvalue weighted by Crippen LogP contribution is -2.23. The highest BCUT2D eigenvalue weighted by molar-refractivity contribution is 5.90. The van der Waals surface area contributed by atoms with E-state index in [4.69, 9.17) is 9.57 Å². The Balaban J connectivity index is 1.44. The second-order valence-electron chi connectivity index (χ2n) is 11.0. The van der Waals surface area contributed by atoms with Crippen molar-refractivity contribution in [2.24, 2.45) is 0 Å². The molecule has 0 aliphatic rings. The smallest absolute Gasteiger partial charge is 0.310 e. The number of benzene rings is 2. The number of anilines is 1. The predicted octanol–water partition coefficient (Wildman–Crippen LogP) is 8.22. The maximum Gasteiger partial charge on any atom is 0.310 e. The number of rotatable bonds is 24. The first kappa shape index (κ1) is 35.0. The number of nitrogens with one attached hydrogen (secondary N) is 2. The van der Waals surface area contributed by atoms with Crippen LogP contribution in [0.4, 0.5) is 5.69 Å². The highest BCUT2D eigenvalue weighted by Gasteiger charge is 2.07. The van der Waals surface area contributed by atoms with E-state index in [-0.39, 0.29) is 24.2 Å². The van der Waals surface area contributed by atoms with Crippen molar-refractivity contribution >= 4 is 23.5 Å². The molecule has 0 aliphatic heterocycles. The van der Waals surface area contributed by atoms with Crippen LogP contribution in [0.25, 0.3) is 0 Å². The molecule has 2 aromatic carbocycles. The van der Waals surface area contributed by atoms with Gasteiger partial charge in [0, 0.05) is 18.5 Å². The minimum absolute atomic E-state index is 0.0364. The van der Waals surface area contributed by atoms with Crippen molar-refractivity contribution in [1.29, 1.82) is 0 Å². The summed E-state index contributed by atoms with van der Waals surface area (Å²) >= 11 is 0. The van der Waals surface area contributed by atoms with E-state index in [0.717, 1.165) is 55.3 Å². The number of esters is 1. The molecule has 0 saturated carbocycles. The Morgan fingerprint density at radius 1 is 0.619 bits per heavy atom. The molecule has 0 fully saturated rings. The Hall–Kier alpha value is -3.19. The van der Waals surface area contributed by atoms with Crippen LogP contribution in [-0.4, -0.2) is 24.4 Å². The van der Waals surface area contributed by atoms with Crippen LogP contribution in [0.5, 0.6) is 0 Å². The lowest BCUT2D eigenvalue weighted by molar-refractivity contribution is -0.143. The first-order valence-corrected chi connectivity index (χ1v) is 16.1. The zero-order valence-electron chi connectivity index (χ0n) is 25.7. The molecule has 232 valence electrons. The first-order valence-electron chi connectivity index (χ1n) is 16.1. The topological polar surface area (TPSA) is 93.7 Å². The fraction of sp³-hybridized carbons (Fsp3) is 0.571. The molecule has 7 heteroatoms. The second-order valence-corrected chi connectivity index (χ2v) is 11.0. The lowest BCUT2D eigenvalue weighted by atomic mass is 10.1. The van der Waals surface area contributed by atoms with E-state index < -0.39 is 0 Å². The molecule has 0 spiro atoms. The Morgan fingerprint density at radius 2 is 1.19 bits per heavy atom. The van der Waals surface area contributed by atoms with Gasteiger partial charge in [-0.05, 0) is 42.5 Å². The summed E-state index contributed by atoms with van der Waals surface area (Å²) in [6.45, 7) is 3.07. The van der Waals surface area contributed by atoms with Gasteiger partial charge < -0.3 is 10.1 Å². The Bertz CT molecular complexity index is 994. The lowest BCUT2D eigenvalue weighted by Gasteiger charge is -2.08. The molecule has 7 nitrogen and oxygen atoms in total.